The van der Waals surface area contributed by atoms with Gasteiger partial charge in [0.2, 0.25) is 0 Å². The van der Waals surface area contributed by atoms with Crippen LogP contribution in [-0.2, 0) is 14.3 Å². The van der Waals surface area contributed by atoms with Crippen molar-refractivity contribution in [1.29, 1.82) is 0 Å². The molecule has 1 aliphatic carbocycles. The van der Waals surface area contributed by atoms with Crippen LogP contribution in [-0.4, -0.2) is 30.1 Å². The number of carbonyl (C=O) groups is 2. The van der Waals surface area contributed by atoms with E-state index in [2.05, 4.69) is 21.2 Å². The van der Waals surface area contributed by atoms with Gasteiger partial charge in [-0.05, 0) is 83.9 Å². The maximum atomic E-state index is 13.7. The number of carbonyl (C=O) groups excluding carboxylic acids is 2. The van der Waals surface area contributed by atoms with Crippen molar-refractivity contribution in [2.45, 2.75) is 58.0 Å². The van der Waals surface area contributed by atoms with E-state index in [9.17, 15) is 14.7 Å². The molecule has 0 saturated carbocycles. The van der Waals surface area contributed by atoms with Gasteiger partial charge in [-0.3, -0.25) is 4.79 Å². The van der Waals surface area contributed by atoms with Gasteiger partial charge in [0.1, 0.15) is 0 Å². The van der Waals surface area contributed by atoms with E-state index >= 15 is 0 Å². The zero-order valence-corrected chi connectivity index (χ0v) is 23.0. The minimum Gasteiger partial charge on any atom is -0.503 e. The first-order valence-corrected chi connectivity index (χ1v) is 13.1. The van der Waals surface area contributed by atoms with Gasteiger partial charge in [-0.2, -0.15) is 0 Å². The van der Waals surface area contributed by atoms with E-state index in [1.807, 2.05) is 45.0 Å². The third kappa shape index (κ3) is 5.04. The van der Waals surface area contributed by atoms with E-state index in [1.165, 1.54) is 7.11 Å². The number of ketones is 1. The lowest BCUT2D eigenvalue weighted by Gasteiger charge is -2.37. The summed E-state index contributed by atoms with van der Waals surface area (Å²) in [5.74, 6) is -0.993. The van der Waals surface area contributed by atoms with Crippen molar-refractivity contribution in [1.82, 2.24) is 5.32 Å². The zero-order valence-electron chi connectivity index (χ0n) is 20.7. The smallest absolute Gasteiger partial charge is 0.337 e. The lowest BCUT2D eigenvalue weighted by molar-refractivity contribution is -0.144. The quantitative estimate of drug-likeness (QED) is 0.382. The average Bonchev–Trinajstić information content (AvgIpc) is 2.84. The summed E-state index contributed by atoms with van der Waals surface area (Å²) < 4.78 is 11.5. The Morgan fingerprint density at radius 2 is 1.92 bits per heavy atom. The second-order valence-corrected chi connectivity index (χ2v) is 10.5. The van der Waals surface area contributed by atoms with Crippen molar-refractivity contribution < 1.29 is 24.2 Å². The van der Waals surface area contributed by atoms with Gasteiger partial charge < -0.3 is 19.9 Å². The lowest BCUT2D eigenvalue weighted by Crippen LogP contribution is -2.36. The lowest BCUT2D eigenvalue weighted by atomic mass is 9.71. The van der Waals surface area contributed by atoms with Crippen LogP contribution in [0.15, 0.2) is 63.4 Å². The summed E-state index contributed by atoms with van der Waals surface area (Å²) in [5.41, 5.74) is 4.04. The first-order chi connectivity index (χ1) is 17.1. The molecule has 3 atom stereocenters. The molecule has 0 saturated heterocycles. The standard InChI is InChI=1S/C28H29BrClNO5/c1-5-14(2)36-28(34)24-15(3)31-21-11-17(16-6-8-19(30)9-7-16)12-22(32)26(21)25(24)18-10-20(29)27(33)23(13-18)35-4/h6-10,13-14,17,25,31,33H,5,11-12H2,1-4H3/t14-,17-,25+/m0/s1. The number of nitrogens with one attached hydrogen (secondary N) is 1. The summed E-state index contributed by atoms with van der Waals surface area (Å²) in [6, 6.07) is 11.0. The Hall–Kier alpha value is -2.77. The van der Waals surface area contributed by atoms with Gasteiger partial charge in [-0.15, -0.1) is 0 Å². The number of methoxy groups -OCH3 is 1. The van der Waals surface area contributed by atoms with Gasteiger partial charge in [-0.25, -0.2) is 4.79 Å². The molecule has 36 heavy (non-hydrogen) atoms. The summed E-state index contributed by atoms with van der Waals surface area (Å²) in [4.78, 5) is 27.1. The number of hydrogen-bond acceptors (Lipinski definition) is 6. The number of phenols is 1. The third-order valence-electron chi connectivity index (χ3n) is 6.88. The third-order valence-corrected chi connectivity index (χ3v) is 7.73. The van der Waals surface area contributed by atoms with Gasteiger partial charge in [0.05, 0.1) is 23.3 Å². The fourth-order valence-electron chi connectivity index (χ4n) is 4.86. The van der Waals surface area contributed by atoms with Crippen LogP contribution in [0.5, 0.6) is 11.5 Å². The second-order valence-electron chi connectivity index (χ2n) is 9.25. The highest BCUT2D eigenvalue weighted by Gasteiger charge is 2.42. The molecule has 0 radical (unpaired) electrons. The van der Waals surface area contributed by atoms with Crippen LogP contribution in [0.4, 0.5) is 0 Å². The molecule has 1 heterocycles. The summed E-state index contributed by atoms with van der Waals surface area (Å²) in [5, 5.41) is 14.4. The summed E-state index contributed by atoms with van der Waals surface area (Å²) >= 11 is 9.45. The normalized spacial score (nSPS) is 20.6. The number of benzene rings is 2. The Morgan fingerprint density at radius 3 is 2.56 bits per heavy atom. The van der Waals surface area contributed by atoms with E-state index < -0.39 is 11.9 Å². The van der Waals surface area contributed by atoms with Crippen LogP contribution < -0.4 is 10.1 Å². The molecule has 1 aliphatic heterocycles. The molecular formula is C28H29BrClNO5. The Bertz CT molecular complexity index is 1270. The van der Waals surface area contributed by atoms with Gasteiger partial charge in [0.15, 0.2) is 17.3 Å². The van der Waals surface area contributed by atoms with Crippen molar-refractivity contribution >= 4 is 39.3 Å². The number of dihydropyridines is 1. The highest BCUT2D eigenvalue weighted by atomic mass is 79.9. The predicted molar refractivity (Wildman–Crippen MR) is 142 cm³/mol. The maximum Gasteiger partial charge on any atom is 0.337 e. The molecule has 0 aromatic heterocycles. The summed E-state index contributed by atoms with van der Waals surface area (Å²) in [6.07, 6.45) is 1.32. The van der Waals surface area contributed by atoms with Gasteiger partial charge in [0.25, 0.3) is 0 Å². The molecule has 0 fully saturated rings. The summed E-state index contributed by atoms with van der Waals surface area (Å²) in [6.45, 7) is 5.61. The van der Waals surface area contributed by atoms with Crippen molar-refractivity contribution in [3.63, 3.8) is 0 Å². The Morgan fingerprint density at radius 1 is 1.22 bits per heavy atom. The molecule has 2 aliphatic rings. The Labute approximate surface area is 224 Å². The van der Waals surface area contributed by atoms with Crippen molar-refractivity contribution in [3.8, 4) is 11.5 Å². The highest BCUT2D eigenvalue weighted by Crippen LogP contribution is 2.48. The molecule has 6 nitrogen and oxygen atoms in total. The molecule has 0 spiro atoms. The predicted octanol–water partition coefficient (Wildman–Crippen LogP) is 6.52. The molecule has 2 aromatic rings. The number of esters is 1. The van der Waals surface area contributed by atoms with Crippen LogP contribution in [0.2, 0.25) is 5.02 Å². The SMILES string of the molecule is CC[C@H](C)OC(=O)C1=C(C)NC2=C(C(=O)C[C@@H](c3ccc(Cl)cc3)C2)[C@@H]1c1cc(Br)c(O)c(OC)c1. The van der Waals surface area contributed by atoms with Crippen LogP contribution in [0.25, 0.3) is 0 Å². The molecule has 190 valence electrons. The first kappa shape index (κ1) is 26.3. The van der Waals surface area contributed by atoms with Gasteiger partial charge in [-0.1, -0.05) is 30.7 Å². The number of halogens is 2. The number of allylic oxidation sites excluding steroid dienone is 3. The number of aromatic hydroxyl groups is 1. The molecule has 0 unspecified atom stereocenters. The molecule has 2 aromatic carbocycles. The fraction of sp³-hybridized carbons (Fsp3) is 0.357. The second kappa shape index (κ2) is 10.7. The van der Waals surface area contributed by atoms with Crippen molar-refractivity contribution in [2.75, 3.05) is 7.11 Å². The van der Waals surface area contributed by atoms with Gasteiger partial charge >= 0.3 is 5.97 Å². The topological polar surface area (TPSA) is 84.9 Å². The average molecular weight is 575 g/mol. The molecule has 8 heteroatoms. The van der Waals surface area contributed by atoms with E-state index in [4.69, 9.17) is 21.1 Å². The molecule has 4 rings (SSSR count). The number of rotatable bonds is 6. The fourth-order valence-corrected chi connectivity index (χ4v) is 5.44. The molecule has 0 bridgehead atoms. The minimum absolute atomic E-state index is 0.0100. The van der Waals surface area contributed by atoms with Crippen LogP contribution in [0.3, 0.4) is 0 Å². The Kier molecular flexibility index (Phi) is 7.81. The number of phenolic OH excluding ortho intramolecular Hbond substituents is 1. The monoisotopic (exact) mass is 573 g/mol. The van der Waals surface area contributed by atoms with E-state index in [0.29, 0.717) is 51.2 Å². The van der Waals surface area contributed by atoms with Crippen molar-refractivity contribution in [3.05, 3.63) is 79.6 Å². The van der Waals surface area contributed by atoms with Gasteiger partial charge in [0, 0.05) is 34.3 Å². The highest BCUT2D eigenvalue weighted by molar-refractivity contribution is 9.10. The number of Topliss-reactive ketones (excluding diaryl/α,β-unsaturated/α-hetero) is 1. The van der Waals surface area contributed by atoms with Crippen molar-refractivity contribution in [2.24, 2.45) is 0 Å². The minimum atomic E-state index is -0.665. The maximum absolute atomic E-state index is 13.7. The Balaban J connectivity index is 1.84. The molecular weight excluding hydrogens is 546 g/mol. The van der Waals surface area contributed by atoms with Crippen LogP contribution >= 0.6 is 27.5 Å². The number of hydrogen-bond donors (Lipinski definition) is 2. The van der Waals surface area contributed by atoms with E-state index in [0.717, 1.165) is 11.3 Å². The summed E-state index contributed by atoms with van der Waals surface area (Å²) in [7, 11) is 1.46. The molecule has 0 amide bonds. The van der Waals surface area contributed by atoms with Crippen LogP contribution in [0.1, 0.15) is 63.0 Å². The largest absolute Gasteiger partial charge is 0.503 e. The first-order valence-electron chi connectivity index (χ1n) is 11.9. The molecule has 2 N–H and O–H groups in total. The zero-order chi connectivity index (χ0) is 26.1. The number of ether oxygens (including phenoxy) is 2. The van der Waals surface area contributed by atoms with E-state index in [-0.39, 0.29) is 29.3 Å². The van der Waals surface area contributed by atoms with Crippen LogP contribution in [0, 0.1) is 0 Å². The van der Waals surface area contributed by atoms with E-state index in [1.54, 1.807) is 12.1 Å².